The van der Waals surface area contributed by atoms with Gasteiger partial charge in [0.1, 0.15) is 17.4 Å². The summed E-state index contributed by atoms with van der Waals surface area (Å²) in [5.41, 5.74) is 1.47. The summed E-state index contributed by atoms with van der Waals surface area (Å²) in [7, 11) is 0. The monoisotopic (exact) mass is 524 g/mol. The van der Waals surface area contributed by atoms with Gasteiger partial charge in [0.15, 0.2) is 0 Å². The van der Waals surface area contributed by atoms with Gasteiger partial charge in [0.25, 0.3) is 0 Å². The number of nitrogens with zero attached hydrogens (tertiary/aromatic N) is 4. The summed E-state index contributed by atoms with van der Waals surface area (Å²) in [6.45, 7) is 5.92. The van der Waals surface area contributed by atoms with Crippen LogP contribution < -0.4 is 10.6 Å². The molecule has 11 heteroatoms. The van der Waals surface area contributed by atoms with Gasteiger partial charge in [-0.15, -0.1) is 0 Å². The van der Waals surface area contributed by atoms with Crippen LogP contribution in [-0.4, -0.2) is 97.0 Å². The van der Waals surface area contributed by atoms with Gasteiger partial charge in [0.2, 0.25) is 17.8 Å². The Bertz CT molecular complexity index is 1200. The average Bonchev–Trinajstić information content (AvgIpc) is 3.55. The largest absolute Gasteiger partial charge is 0.461 e. The number of carbonyl (C=O) groups is 3. The van der Waals surface area contributed by atoms with Crippen LogP contribution in [0, 0.1) is 6.92 Å². The number of fused-ring (bicyclic) bond motifs is 1. The highest BCUT2D eigenvalue weighted by molar-refractivity contribution is 6.05. The van der Waals surface area contributed by atoms with Gasteiger partial charge < -0.3 is 29.2 Å². The van der Waals surface area contributed by atoms with E-state index in [9.17, 15) is 14.4 Å². The SMILES string of the molecule is Cc1cc2cc(NC(=N[C@H]3CCCCN(CC(=O)N4CCCC4)C3=O)NC(=O)N3CCOCC3)ccc2o1. The molecule has 1 aromatic heterocycles. The number of furan rings is 1. The van der Waals surface area contributed by atoms with Gasteiger partial charge >= 0.3 is 6.03 Å². The lowest BCUT2D eigenvalue weighted by atomic mass is 10.1. The van der Waals surface area contributed by atoms with Gasteiger partial charge in [-0.3, -0.25) is 14.9 Å². The normalized spacial score (nSPS) is 21.1. The molecule has 3 aliphatic heterocycles. The molecule has 3 fully saturated rings. The Hall–Kier alpha value is -3.60. The van der Waals surface area contributed by atoms with Crippen LogP contribution in [0.5, 0.6) is 0 Å². The summed E-state index contributed by atoms with van der Waals surface area (Å²) in [5, 5.41) is 7.01. The first-order valence-corrected chi connectivity index (χ1v) is 13.5. The number of hydrogen-bond donors (Lipinski definition) is 2. The zero-order valence-corrected chi connectivity index (χ0v) is 21.9. The van der Waals surface area contributed by atoms with Gasteiger partial charge in [0, 0.05) is 43.8 Å². The first-order chi connectivity index (χ1) is 18.5. The van der Waals surface area contributed by atoms with Crippen LogP contribution in [-0.2, 0) is 14.3 Å². The Morgan fingerprint density at radius 2 is 1.76 bits per heavy atom. The number of carbonyl (C=O) groups excluding carboxylic acids is 3. The van der Waals surface area contributed by atoms with Gasteiger partial charge in [0.05, 0.1) is 19.8 Å². The number of benzene rings is 1. The van der Waals surface area contributed by atoms with Crippen molar-refractivity contribution in [1.29, 1.82) is 0 Å². The molecule has 0 radical (unpaired) electrons. The molecular formula is C27H36N6O5. The van der Waals surface area contributed by atoms with Crippen molar-refractivity contribution in [3.8, 4) is 0 Å². The third kappa shape index (κ3) is 6.27. The van der Waals surface area contributed by atoms with Crippen molar-refractivity contribution in [2.45, 2.75) is 45.1 Å². The fourth-order valence-electron chi connectivity index (χ4n) is 5.18. The van der Waals surface area contributed by atoms with Crippen LogP contribution in [0.4, 0.5) is 10.5 Å². The van der Waals surface area contributed by atoms with Crippen LogP contribution in [0.15, 0.2) is 33.7 Å². The highest BCUT2D eigenvalue weighted by atomic mass is 16.5. The lowest BCUT2D eigenvalue weighted by Crippen LogP contribution is -2.50. The van der Waals surface area contributed by atoms with Crippen LogP contribution in [0.3, 0.4) is 0 Å². The lowest BCUT2D eigenvalue weighted by molar-refractivity contribution is -0.140. The number of amides is 4. The van der Waals surface area contributed by atoms with Crippen molar-refractivity contribution >= 4 is 40.5 Å². The number of aryl methyl sites for hydroxylation is 1. The van der Waals surface area contributed by atoms with Crippen LogP contribution in [0.2, 0.25) is 0 Å². The topological polar surface area (TPSA) is 120 Å². The molecule has 11 nitrogen and oxygen atoms in total. The van der Waals surface area contributed by atoms with E-state index < -0.39 is 6.04 Å². The molecule has 2 aromatic rings. The molecule has 0 aliphatic carbocycles. The van der Waals surface area contributed by atoms with Crippen LogP contribution in [0.1, 0.15) is 37.9 Å². The number of nitrogens with one attached hydrogen (secondary N) is 2. The standard InChI is InChI=1S/C27H36N6O5/c1-19-16-20-17-21(7-8-23(20)38-19)28-26(30-27(36)32-12-14-37-15-13-32)29-22-6-2-3-11-33(25(22)35)18-24(34)31-9-4-5-10-31/h7-8,16-17,22H,2-6,9-15,18H2,1H3,(H2,28,29,30,36)/t22-/m0/s1. The predicted octanol–water partition coefficient (Wildman–Crippen LogP) is 2.55. The number of hydrogen-bond acceptors (Lipinski definition) is 6. The first-order valence-electron chi connectivity index (χ1n) is 13.5. The minimum absolute atomic E-state index is 0.0110. The molecule has 0 spiro atoms. The maximum Gasteiger partial charge on any atom is 0.324 e. The van der Waals surface area contributed by atoms with Crippen molar-refractivity contribution in [2.24, 2.45) is 4.99 Å². The number of guanidine groups is 1. The van der Waals surface area contributed by atoms with Crippen molar-refractivity contribution in [3.05, 3.63) is 30.0 Å². The number of urea groups is 1. The molecule has 3 aliphatic rings. The maximum atomic E-state index is 13.5. The third-order valence-electron chi connectivity index (χ3n) is 7.25. The molecule has 38 heavy (non-hydrogen) atoms. The van der Waals surface area contributed by atoms with Crippen molar-refractivity contribution in [2.75, 3.05) is 57.8 Å². The van der Waals surface area contributed by atoms with E-state index in [4.69, 9.17) is 14.1 Å². The number of morpholine rings is 1. The summed E-state index contributed by atoms with van der Waals surface area (Å²) in [4.78, 5) is 49.2. The number of anilines is 1. The van der Waals surface area contributed by atoms with Gasteiger partial charge in [-0.25, -0.2) is 9.79 Å². The molecule has 5 rings (SSSR count). The summed E-state index contributed by atoms with van der Waals surface area (Å²) < 4.78 is 11.0. The minimum Gasteiger partial charge on any atom is -0.461 e. The number of ether oxygens (including phenoxy) is 1. The van der Waals surface area contributed by atoms with E-state index in [0.717, 1.165) is 55.5 Å². The highest BCUT2D eigenvalue weighted by Crippen LogP contribution is 2.23. The molecule has 0 bridgehead atoms. The summed E-state index contributed by atoms with van der Waals surface area (Å²) in [6.07, 6.45) is 4.18. The summed E-state index contributed by atoms with van der Waals surface area (Å²) >= 11 is 0. The fraction of sp³-hybridized carbons (Fsp3) is 0.556. The molecule has 1 atom stereocenters. The number of rotatable bonds is 4. The van der Waals surface area contributed by atoms with E-state index in [1.807, 2.05) is 36.1 Å². The molecular weight excluding hydrogens is 488 g/mol. The predicted molar refractivity (Wildman–Crippen MR) is 143 cm³/mol. The lowest BCUT2D eigenvalue weighted by Gasteiger charge is -2.28. The Labute approximate surface area is 222 Å². The number of aliphatic imine (C=N–C) groups is 1. The van der Waals surface area contributed by atoms with E-state index in [1.165, 1.54) is 0 Å². The molecule has 4 heterocycles. The Morgan fingerprint density at radius 1 is 1.00 bits per heavy atom. The van der Waals surface area contributed by atoms with Crippen molar-refractivity contribution < 1.29 is 23.5 Å². The second kappa shape index (κ2) is 11.8. The van der Waals surface area contributed by atoms with Crippen LogP contribution in [0.25, 0.3) is 11.0 Å². The van der Waals surface area contributed by atoms with E-state index in [0.29, 0.717) is 45.0 Å². The molecule has 0 unspecified atom stereocenters. The van der Waals surface area contributed by atoms with E-state index in [-0.39, 0.29) is 30.3 Å². The molecule has 2 N–H and O–H groups in total. The second-order valence-corrected chi connectivity index (χ2v) is 10.1. The zero-order chi connectivity index (χ0) is 26.5. The average molecular weight is 525 g/mol. The highest BCUT2D eigenvalue weighted by Gasteiger charge is 2.31. The summed E-state index contributed by atoms with van der Waals surface area (Å²) in [5.74, 6) is 0.811. The van der Waals surface area contributed by atoms with E-state index in [1.54, 1.807) is 9.80 Å². The van der Waals surface area contributed by atoms with Gasteiger partial charge in [-0.05, 0) is 63.3 Å². The molecule has 3 saturated heterocycles. The van der Waals surface area contributed by atoms with E-state index in [2.05, 4.69) is 10.6 Å². The molecule has 204 valence electrons. The molecule has 1 aromatic carbocycles. The third-order valence-corrected chi connectivity index (χ3v) is 7.25. The smallest absolute Gasteiger partial charge is 0.324 e. The van der Waals surface area contributed by atoms with Gasteiger partial charge in [-0.2, -0.15) is 0 Å². The van der Waals surface area contributed by atoms with Crippen molar-refractivity contribution in [3.63, 3.8) is 0 Å². The number of likely N-dealkylation sites (tertiary alicyclic amines) is 2. The van der Waals surface area contributed by atoms with Gasteiger partial charge in [-0.1, -0.05) is 0 Å². The first kappa shape index (κ1) is 26.0. The quantitative estimate of drug-likeness (QED) is 0.469. The fourth-order valence-corrected chi connectivity index (χ4v) is 5.18. The Balaban J connectivity index is 1.36. The Morgan fingerprint density at radius 3 is 2.55 bits per heavy atom. The van der Waals surface area contributed by atoms with Crippen LogP contribution >= 0.6 is 0 Å². The zero-order valence-electron chi connectivity index (χ0n) is 21.9. The minimum atomic E-state index is -0.698. The van der Waals surface area contributed by atoms with Crippen molar-refractivity contribution in [1.82, 2.24) is 20.0 Å². The second-order valence-electron chi connectivity index (χ2n) is 10.1. The molecule has 0 saturated carbocycles. The Kier molecular flexibility index (Phi) is 8.11. The summed E-state index contributed by atoms with van der Waals surface area (Å²) in [6, 6.07) is 6.55. The molecule has 4 amide bonds. The maximum absolute atomic E-state index is 13.5. The van der Waals surface area contributed by atoms with E-state index >= 15 is 0 Å².